The van der Waals surface area contributed by atoms with Gasteiger partial charge >= 0.3 is 0 Å². The quantitative estimate of drug-likeness (QED) is 0.693. The standard InChI is InChI=1S/C12H11BrN2O2S/c1-7-5-10(8(2)17-7)12(16)15-14-6-9-3-4-11(13)18-9/h3-6H,1-2H3,(H,15,16)/b14-6-. The van der Waals surface area contributed by atoms with Gasteiger partial charge in [0.2, 0.25) is 0 Å². The Kier molecular flexibility index (Phi) is 3.98. The van der Waals surface area contributed by atoms with E-state index in [0.29, 0.717) is 17.1 Å². The SMILES string of the molecule is Cc1cc(C(=O)N/N=C\c2ccc(Br)s2)c(C)o1. The number of nitrogens with zero attached hydrogens (tertiary/aromatic N) is 1. The molecule has 2 rings (SSSR count). The number of halogens is 1. The molecule has 0 spiro atoms. The van der Waals surface area contributed by atoms with E-state index in [2.05, 4.69) is 26.5 Å². The predicted octanol–water partition coefficient (Wildman–Crippen LogP) is 3.48. The highest BCUT2D eigenvalue weighted by atomic mass is 79.9. The number of furan rings is 1. The summed E-state index contributed by atoms with van der Waals surface area (Å²) in [7, 11) is 0. The second-order valence-electron chi connectivity index (χ2n) is 3.67. The van der Waals surface area contributed by atoms with Crippen molar-refractivity contribution in [2.45, 2.75) is 13.8 Å². The molecule has 0 saturated heterocycles. The largest absolute Gasteiger partial charge is 0.466 e. The van der Waals surface area contributed by atoms with Crippen LogP contribution in [0, 0.1) is 13.8 Å². The maximum atomic E-state index is 11.8. The predicted molar refractivity (Wildman–Crippen MR) is 75.3 cm³/mol. The van der Waals surface area contributed by atoms with Gasteiger partial charge in [-0.1, -0.05) is 0 Å². The van der Waals surface area contributed by atoms with Crippen LogP contribution in [-0.4, -0.2) is 12.1 Å². The molecule has 94 valence electrons. The van der Waals surface area contributed by atoms with E-state index in [1.165, 1.54) is 0 Å². The van der Waals surface area contributed by atoms with Crippen molar-refractivity contribution >= 4 is 39.4 Å². The normalized spacial score (nSPS) is 11.1. The third-order valence-corrected chi connectivity index (χ3v) is 3.80. The second kappa shape index (κ2) is 5.49. The molecule has 0 aliphatic heterocycles. The van der Waals surface area contributed by atoms with Crippen LogP contribution in [0.5, 0.6) is 0 Å². The molecule has 6 heteroatoms. The van der Waals surface area contributed by atoms with Crippen LogP contribution in [0.2, 0.25) is 0 Å². The first-order valence-electron chi connectivity index (χ1n) is 5.22. The summed E-state index contributed by atoms with van der Waals surface area (Å²) in [6.45, 7) is 3.55. The molecule has 0 radical (unpaired) electrons. The van der Waals surface area contributed by atoms with Gasteiger partial charge in [-0.25, -0.2) is 5.43 Å². The van der Waals surface area contributed by atoms with Crippen LogP contribution in [-0.2, 0) is 0 Å². The molecule has 2 heterocycles. The number of nitrogens with one attached hydrogen (secondary N) is 1. The van der Waals surface area contributed by atoms with Crippen LogP contribution in [0.3, 0.4) is 0 Å². The number of aryl methyl sites for hydroxylation is 2. The summed E-state index contributed by atoms with van der Waals surface area (Å²) in [6.07, 6.45) is 1.61. The van der Waals surface area contributed by atoms with Gasteiger partial charge in [-0.05, 0) is 48.0 Å². The van der Waals surface area contributed by atoms with Crippen LogP contribution < -0.4 is 5.43 Å². The summed E-state index contributed by atoms with van der Waals surface area (Å²) >= 11 is 4.90. The molecule has 4 nitrogen and oxygen atoms in total. The van der Waals surface area contributed by atoms with Crippen LogP contribution in [0.1, 0.15) is 26.8 Å². The van der Waals surface area contributed by atoms with E-state index in [1.54, 1.807) is 37.5 Å². The van der Waals surface area contributed by atoms with Gasteiger partial charge in [-0.15, -0.1) is 11.3 Å². The molecule has 2 aromatic rings. The lowest BCUT2D eigenvalue weighted by molar-refractivity contribution is 0.0953. The van der Waals surface area contributed by atoms with Crippen LogP contribution in [0.4, 0.5) is 0 Å². The molecule has 0 saturated carbocycles. The minimum absolute atomic E-state index is 0.267. The lowest BCUT2D eigenvalue weighted by atomic mass is 10.2. The minimum atomic E-state index is -0.267. The maximum absolute atomic E-state index is 11.8. The Labute approximate surface area is 117 Å². The minimum Gasteiger partial charge on any atom is -0.466 e. The van der Waals surface area contributed by atoms with E-state index in [1.807, 2.05) is 12.1 Å². The van der Waals surface area contributed by atoms with Crippen molar-refractivity contribution < 1.29 is 9.21 Å². The zero-order valence-corrected chi connectivity index (χ0v) is 12.3. The number of hydrogen-bond acceptors (Lipinski definition) is 4. The molecule has 1 N–H and O–H groups in total. The number of carbonyl (C=O) groups excluding carboxylic acids is 1. The zero-order valence-electron chi connectivity index (χ0n) is 9.86. The van der Waals surface area contributed by atoms with E-state index in [0.717, 1.165) is 8.66 Å². The summed E-state index contributed by atoms with van der Waals surface area (Å²) < 4.78 is 6.31. The number of rotatable bonds is 3. The van der Waals surface area contributed by atoms with E-state index in [9.17, 15) is 4.79 Å². The monoisotopic (exact) mass is 326 g/mol. The lowest BCUT2D eigenvalue weighted by Crippen LogP contribution is -2.17. The number of carbonyl (C=O) groups is 1. The molecule has 2 aromatic heterocycles. The van der Waals surface area contributed by atoms with E-state index >= 15 is 0 Å². The second-order valence-corrected chi connectivity index (χ2v) is 6.16. The Bertz CT molecular complexity index is 601. The summed E-state index contributed by atoms with van der Waals surface area (Å²) in [5.41, 5.74) is 2.98. The van der Waals surface area contributed by atoms with Crippen LogP contribution in [0.25, 0.3) is 0 Å². The molecule has 0 atom stereocenters. The Balaban J connectivity index is 2.00. The van der Waals surface area contributed by atoms with Crippen molar-refractivity contribution in [3.8, 4) is 0 Å². The van der Waals surface area contributed by atoms with Crippen molar-refractivity contribution in [2.24, 2.45) is 5.10 Å². The fourth-order valence-corrected chi connectivity index (χ4v) is 2.76. The highest BCUT2D eigenvalue weighted by Gasteiger charge is 2.12. The molecule has 0 aromatic carbocycles. The van der Waals surface area contributed by atoms with Gasteiger partial charge in [0.05, 0.1) is 15.6 Å². The van der Waals surface area contributed by atoms with Gasteiger partial charge in [-0.3, -0.25) is 4.79 Å². The van der Waals surface area contributed by atoms with Crippen molar-refractivity contribution in [3.05, 3.63) is 43.9 Å². The Morgan fingerprint density at radius 2 is 2.28 bits per heavy atom. The van der Waals surface area contributed by atoms with Crippen LogP contribution in [0.15, 0.2) is 31.5 Å². The third kappa shape index (κ3) is 3.08. The topological polar surface area (TPSA) is 54.6 Å². The molecule has 1 amide bonds. The summed E-state index contributed by atoms with van der Waals surface area (Å²) in [4.78, 5) is 12.7. The van der Waals surface area contributed by atoms with Crippen molar-refractivity contribution in [3.63, 3.8) is 0 Å². The molecule has 0 unspecified atom stereocenters. The van der Waals surface area contributed by atoms with Crippen molar-refractivity contribution in [1.29, 1.82) is 0 Å². The van der Waals surface area contributed by atoms with Crippen molar-refractivity contribution in [2.75, 3.05) is 0 Å². The first-order valence-corrected chi connectivity index (χ1v) is 6.83. The van der Waals surface area contributed by atoms with Crippen LogP contribution >= 0.6 is 27.3 Å². The first-order chi connectivity index (χ1) is 8.56. The summed E-state index contributed by atoms with van der Waals surface area (Å²) in [5.74, 6) is 1.04. The Morgan fingerprint density at radius 1 is 1.50 bits per heavy atom. The number of hydrogen-bond donors (Lipinski definition) is 1. The first kappa shape index (κ1) is 13.0. The molecular formula is C12H11BrN2O2S. The van der Waals surface area contributed by atoms with E-state index < -0.39 is 0 Å². The average molecular weight is 327 g/mol. The lowest BCUT2D eigenvalue weighted by Gasteiger charge is -1.96. The highest BCUT2D eigenvalue weighted by molar-refractivity contribution is 9.11. The van der Waals surface area contributed by atoms with Gasteiger partial charge in [0.25, 0.3) is 5.91 Å². The Morgan fingerprint density at radius 3 is 2.83 bits per heavy atom. The highest BCUT2D eigenvalue weighted by Crippen LogP contribution is 2.20. The van der Waals surface area contributed by atoms with Gasteiger partial charge in [0.1, 0.15) is 11.5 Å². The molecule has 0 bridgehead atoms. The Hall–Kier alpha value is -1.40. The molecule has 18 heavy (non-hydrogen) atoms. The molecule has 0 fully saturated rings. The number of hydrazone groups is 1. The molecule has 0 aliphatic carbocycles. The van der Waals surface area contributed by atoms with Gasteiger partial charge in [0.15, 0.2) is 0 Å². The fourth-order valence-electron chi connectivity index (χ4n) is 1.47. The van der Waals surface area contributed by atoms with Crippen molar-refractivity contribution in [1.82, 2.24) is 5.43 Å². The number of thiophene rings is 1. The van der Waals surface area contributed by atoms with Gasteiger partial charge < -0.3 is 4.42 Å². The average Bonchev–Trinajstić information content (AvgIpc) is 2.85. The van der Waals surface area contributed by atoms with E-state index in [-0.39, 0.29) is 5.91 Å². The number of amides is 1. The fraction of sp³-hybridized carbons (Fsp3) is 0.167. The summed E-state index contributed by atoms with van der Waals surface area (Å²) in [6, 6.07) is 5.54. The van der Waals surface area contributed by atoms with E-state index in [4.69, 9.17) is 4.42 Å². The van der Waals surface area contributed by atoms with Gasteiger partial charge in [-0.2, -0.15) is 5.10 Å². The zero-order chi connectivity index (χ0) is 13.1. The molecule has 0 aliphatic rings. The smallest absolute Gasteiger partial charge is 0.274 e. The molecular weight excluding hydrogens is 316 g/mol. The van der Waals surface area contributed by atoms with Gasteiger partial charge in [0, 0.05) is 4.88 Å². The maximum Gasteiger partial charge on any atom is 0.274 e. The third-order valence-electron chi connectivity index (χ3n) is 2.24. The summed E-state index contributed by atoms with van der Waals surface area (Å²) in [5, 5.41) is 3.90.